The van der Waals surface area contributed by atoms with Crippen molar-refractivity contribution in [3.63, 3.8) is 0 Å². The highest BCUT2D eigenvalue weighted by Gasteiger charge is 2.32. The Bertz CT molecular complexity index is 643. The second-order valence-electron chi connectivity index (χ2n) is 5.91. The monoisotopic (exact) mass is 324 g/mol. The van der Waals surface area contributed by atoms with Gasteiger partial charge in [0, 0.05) is 25.3 Å². The molecule has 0 spiro atoms. The fourth-order valence-electron chi connectivity index (χ4n) is 2.77. The molecule has 1 saturated heterocycles. The van der Waals surface area contributed by atoms with Crippen LogP contribution < -0.4 is 4.90 Å². The van der Waals surface area contributed by atoms with E-state index in [4.69, 9.17) is 0 Å². The number of nitrogens with zero attached hydrogens (tertiary/aromatic N) is 2. The lowest BCUT2D eigenvalue weighted by Gasteiger charge is -2.28. The maximum Gasteiger partial charge on any atom is 0.242 e. The summed E-state index contributed by atoms with van der Waals surface area (Å²) in [7, 11) is -1.27. The van der Waals surface area contributed by atoms with E-state index in [-0.39, 0.29) is 30.0 Å². The van der Waals surface area contributed by atoms with Crippen LogP contribution in [0.2, 0.25) is 0 Å². The lowest BCUT2D eigenvalue weighted by molar-refractivity contribution is -0.130. The van der Waals surface area contributed by atoms with Gasteiger partial charge in [-0.3, -0.25) is 4.79 Å². The summed E-state index contributed by atoms with van der Waals surface area (Å²) in [5.74, 6) is 0.238. The summed E-state index contributed by atoms with van der Waals surface area (Å²) in [6, 6.07) is 7.86. The van der Waals surface area contributed by atoms with Crippen LogP contribution in [-0.4, -0.2) is 56.9 Å². The lowest BCUT2D eigenvalue weighted by Crippen LogP contribution is -2.44. The van der Waals surface area contributed by atoms with Gasteiger partial charge in [-0.1, -0.05) is 12.1 Å². The molecule has 122 valence electrons. The van der Waals surface area contributed by atoms with Crippen molar-refractivity contribution in [2.24, 2.45) is 0 Å². The van der Waals surface area contributed by atoms with Crippen LogP contribution >= 0.6 is 0 Å². The fraction of sp³-hybridized carbons (Fsp3) is 0.562. The van der Waals surface area contributed by atoms with Crippen LogP contribution in [0, 0.1) is 6.92 Å². The highest BCUT2D eigenvalue weighted by atomic mass is 32.2. The van der Waals surface area contributed by atoms with Gasteiger partial charge in [-0.05, 0) is 38.0 Å². The van der Waals surface area contributed by atoms with Crippen LogP contribution in [0.1, 0.15) is 18.9 Å². The SMILES string of the molecule is CCN(CC(=O)N(C)C1CCS(=O)(=O)C1)c1cccc(C)c1. The second kappa shape index (κ2) is 6.69. The van der Waals surface area contributed by atoms with Gasteiger partial charge >= 0.3 is 0 Å². The van der Waals surface area contributed by atoms with E-state index >= 15 is 0 Å². The molecule has 1 aromatic carbocycles. The average molecular weight is 324 g/mol. The van der Waals surface area contributed by atoms with Crippen LogP contribution in [0.4, 0.5) is 5.69 Å². The molecule has 1 atom stereocenters. The molecule has 1 aliphatic heterocycles. The van der Waals surface area contributed by atoms with Crippen LogP contribution in [0.3, 0.4) is 0 Å². The van der Waals surface area contributed by atoms with Crippen LogP contribution in [0.25, 0.3) is 0 Å². The van der Waals surface area contributed by atoms with Crippen molar-refractivity contribution < 1.29 is 13.2 Å². The summed E-state index contributed by atoms with van der Waals surface area (Å²) in [6.45, 7) is 5.03. The lowest BCUT2D eigenvalue weighted by atomic mass is 10.2. The van der Waals surface area contributed by atoms with Crippen LogP contribution in [0.5, 0.6) is 0 Å². The predicted octanol–water partition coefficient (Wildman–Crippen LogP) is 1.47. The third kappa shape index (κ3) is 4.00. The Morgan fingerprint density at radius 3 is 2.64 bits per heavy atom. The summed E-state index contributed by atoms with van der Waals surface area (Å²) in [5.41, 5.74) is 2.17. The molecular formula is C16H24N2O3S. The number of carbonyl (C=O) groups is 1. The topological polar surface area (TPSA) is 57.7 Å². The first-order valence-corrected chi connectivity index (χ1v) is 9.42. The molecule has 0 aromatic heterocycles. The Morgan fingerprint density at radius 2 is 2.09 bits per heavy atom. The van der Waals surface area contributed by atoms with E-state index in [1.54, 1.807) is 11.9 Å². The normalized spacial score (nSPS) is 19.9. The van der Waals surface area contributed by atoms with Crippen molar-refractivity contribution in [1.29, 1.82) is 0 Å². The van der Waals surface area contributed by atoms with Crippen molar-refractivity contribution >= 4 is 21.4 Å². The minimum Gasteiger partial charge on any atom is -0.362 e. The number of hydrogen-bond acceptors (Lipinski definition) is 4. The summed E-state index contributed by atoms with van der Waals surface area (Å²) in [6.07, 6.45) is 0.543. The summed E-state index contributed by atoms with van der Waals surface area (Å²) in [4.78, 5) is 16.1. The Labute approximate surface area is 132 Å². The maximum atomic E-state index is 12.5. The zero-order valence-corrected chi connectivity index (χ0v) is 14.3. The van der Waals surface area contributed by atoms with Crippen molar-refractivity contribution in [2.75, 3.05) is 36.5 Å². The van der Waals surface area contributed by atoms with E-state index in [9.17, 15) is 13.2 Å². The smallest absolute Gasteiger partial charge is 0.242 e. The largest absolute Gasteiger partial charge is 0.362 e. The number of carbonyl (C=O) groups excluding carboxylic acids is 1. The summed E-state index contributed by atoms with van der Waals surface area (Å²) < 4.78 is 23.1. The van der Waals surface area contributed by atoms with E-state index in [0.29, 0.717) is 6.42 Å². The van der Waals surface area contributed by atoms with Gasteiger partial charge < -0.3 is 9.80 Å². The molecule has 1 amide bonds. The molecule has 0 saturated carbocycles. The molecule has 1 fully saturated rings. The summed E-state index contributed by atoms with van der Waals surface area (Å²) >= 11 is 0. The molecular weight excluding hydrogens is 300 g/mol. The average Bonchev–Trinajstić information content (AvgIpc) is 2.83. The number of amides is 1. The van der Waals surface area contributed by atoms with Crippen molar-refractivity contribution in [3.05, 3.63) is 29.8 Å². The number of rotatable bonds is 5. The van der Waals surface area contributed by atoms with Gasteiger partial charge in [0.2, 0.25) is 5.91 Å². The Hall–Kier alpha value is -1.56. The second-order valence-corrected chi connectivity index (χ2v) is 8.14. The van der Waals surface area contributed by atoms with Gasteiger partial charge in [0.05, 0.1) is 18.1 Å². The van der Waals surface area contributed by atoms with Gasteiger partial charge in [-0.2, -0.15) is 0 Å². The number of anilines is 1. The van der Waals surface area contributed by atoms with E-state index in [1.165, 1.54) is 0 Å². The van der Waals surface area contributed by atoms with E-state index < -0.39 is 9.84 Å². The zero-order chi connectivity index (χ0) is 16.3. The number of sulfone groups is 1. The third-order valence-electron chi connectivity index (χ3n) is 4.22. The molecule has 1 aliphatic rings. The zero-order valence-electron chi connectivity index (χ0n) is 13.4. The van der Waals surface area contributed by atoms with E-state index in [0.717, 1.165) is 17.8 Å². The van der Waals surface area contributed by atoms with Gasteiger partial charge in [-0.25, -0.2) is 8.42 Å². The third-order valence-corrected chi connectivity index (χ3v) is 5.97. The molecule has 6 heteroatoms. The molecule has 5 nitrogen and oxygen atoms in total. The Kier molecular flexibility index (Phi) is 5.11. The molecule has 0 bridgehead atoms. The number of aryl methyl sites for hydroxylation is 1. The maximum absolute atomic E-state index is 12.5. The standard InChI is InChI=1S/C16H24N2O3S/c1-4-18(14-7-5-6-13(2)10-14)11-16(19)17(3)15-8-9-22(20,21)12-15/h5-7,10,15H,4,8-9,11-12H2,1-3H3. The number of hydrogen-bond donors (Lipinski definition) is 0. The molecule has 0 aliphatic carbocycles. The van der Waals surface area contributed by atoms with Gasteiger partial charge in [0.25, 0.3) is 0 Å². The highest BCUT2D eigenvalue weighted by Crippen LogP contribution is 2.19. The molecule has 0 N–H and O–H groups in total. The minimum atomic E-state index is -2.97. The molecule has 1 aromatic rings. The van der Waals surface area contributed by atoms with Crippen molar-refractivity contribution in [2.45, 2.75) is 26.3 Å². The Morgan fingerprint density at radius 1 is 1.36 bits per heavy atom. The predicted molar refractivity (Wildman–Crippen MR) is 88.9 cm³/mol. The minimum absolute atomic E-state index is 0.0366. The van der Waals surface area contributed by atoms with Crippen LogP contribution in [-0.2, 0) is 14.6 Å². The van der Waals surface area contributed by atoms with E-state index in [1.807, 2.05) is 36.9 Å². The van der Waals surface area contributed by atoms with Gasteiger partial charge in [-0.15, -0.1) is 0 Å². The first-order valence-electron chi connectivity index (χ1n) is 7.60. The quantitative estimate of drug-likeness (QED) is 0.823. The highest BCUT2D eigenvalue weighted by molar-refractivity contribution is 7.91. The van der Waals surface area contributed by atoms with Crippen molar-refractivity contribution in [3.8, 4) is 0 Å². The molecule has 22 heavy (non-hydrogen) atoms. The first kappa shape index (κ1) is 16.8. The molecule has 1 heterocycles. The summed E-state index contributed by atoms with van der Waals surface area (Å²) in [5, 5.41) is 0. The fourth-order valence-corrected chi connectivity index (χ4v) is 4.54. The van der Waals surface area contributed by atoms with Gasteiger partial charge in [0.1, 0.15) is 0 Å². The molecule has 0 radical (unpaired) electrons. The van der Waals surface area contributed by atoms with Crippen molar-refractivity contribution in [1.82, 2.24) is 4.90 Å². The van der Waals surface area contributed by atoms with Gasteiger partial charge in [0.15, 0.2) is 9.84 Å². The van der Waals surface area contributed by atoms with E-state index in [2.05, 4.69) is 6.07 Å². The number of likely N-dealkylation sites (N-methyl/N-ethyl adjacent to an activating group) is 2. The Balaban J connectivity index is 2.03. The number of benzene rings is 1. The first-order chi connectivity index (χ1) is 10.3. The van der Waals surface area contributed by atoms with Crippen LogP contribution in [0.15, 0.2) is 24.3 Å². The molecule has 2 rings (SSSR count). The molecule has 1 unspecified atom stereocenters.